The van der Waals surface area contributed by atoms with Gasteiger partial charge in [0.05, 0.1) is 25.2 Å². The summed E-state index contributed by atoms with van der Waals surface area (Å²) in [6.45, 7) is 0.736. The number of urea groups is 1. The fourth-order valence-electron chi connectivity index (χ4n) is 5.74. The Labute approximate surface area is 217 Å². The van der Waals surface area contributed by atoms with Crippen molar-refractivity contribution in [3.63, 3.8) is 0 Å². The Hall–Kier alpha value is -4.44. The molecule has 0 bridgehead atoms. The lowest BCUT2D eigenvalue weighted by Crippen LogP contribution is -2.68. The number of fused-ring (bicyclic) bond motifs is 4. The maximum Gasteiger partial charge on any atom is 0.321 e. The number of anilines is 1. The van der Waals surface area contributed by atoms with Crippen molar-refractivity contribution in [1.29, 1.82) is 0 Å². The number of aliphatic hydroxyl groups excluding tert-OH is 1. The molecule has 1 atom stereocenters. The normalized spacial score (nSPS) is 17.7. The maximum absolute atomic E-state index is 13.6. The first-order valence-electron chi connectivity index (χ1n) is 12.3. The minimum absolute atomic E-state index is 0.227. The van der Waals surface area contributed by atoms with E-state index in [1.165, 1.54) is 18.2 Å². The van der Waals surface area contributed by atoms with Crippen LogP contribution in [-0.2, 0) is 5.41 Å². The first-order chi connectivity index (χ1) is 18.4. The van der Waals surface area contributed by atoms with Gasteiger partial charge in [-0.2, -0.15) is 0 Å². The number of likely N-dealkylation sites (tertiary alicyclic amines) is 1. The number of methoxy groups -OCH3 is 1. The van der Waals surface area contributed by atoms with Crippen LogP contribution >= 0.6 is 0 Å². The standard InChI is InChI=1S/C28H26FN5O4/c1-38-20-5-6-21-22(12-20)32-25-23(13-35)34(26(36)17-7-9-30-10-8-17)16-28(24(21)25)14-33(15-28)27(37)31-19-4-2-3-18(29)11-19/h2-12,23,32,35H,13-16H2,1H3,(H,31,37)/t23-/m1/s1. The Kier molecular flexibility index (Phi) is 5.76. The first-order valence-corrected chi connectivity index (χ1v) is 12.3. The monoisotopic (exact) mass is 515 g/mol. The second-order valence-electron chi connectivity index (χ2n) is 9.77. The molecular weight excluding hydrogens is 489 g/mol. The number of carbonyl (C=O) groups is 2. The fraction of sp³-hybridized carbons (Fsp3) is 0.250. The molecule has 3 N–H and O–H groups in total. The SMILES string of the molecule is COc1ccc2c3c([nH]c2c1)[C@@H](CO)N(C(=O)c1ccncc1)CC31CN(C(=O)Nc2cccc(F)c2)C1. The molecule has 38 heavy (non-hydrogen) atoms. The Morgan fingerprint density at radius 3 is 2.66 bits per heavy atom. The summed E-state index contributed by atoms with van der Waals surface area (Å²) in [5.41, 5.74) is 2.84. The summed E-state index contributed by atoms with van der Waals surface area (Å²) < 4.78 is 19.0. The molecule has 6 rings (SSSR count). The molecule has 1 saturated heterocycles. The molecule has 2 aromatic carbocycles. The van der Waals surface area contributed by atoms with Crippen molar-refractivity contribution in [2.24, 2.45) is 0 Å². The lowest BCUT2D eigenvalue weighted by atomic mass is 9.68. The van der Waals surface area contributed by atoms with Gasteiger partial charge >= 0.3 is 6.03 Å². The summed E-state index contributed by atoms with van der Waals surface area (Å²) in [6.07, 6.45) is 3.12. The second kappa shape index (κ2) is 9.14. The number of H-pyrrole nitrogens is 1. The van der Waals surface area contributed by atoms with Gasteiger partial charge in [-0.05, 0) is 48.0 Å². The van der Waals surface area contributed by atoms with Crippen LogP contribution in [0.3, 0.4) is 0 Å². The smallest absolute Gasteiger partial charge is 0.321 e. The van der Waals surface area contributed by atoms with Gasteiger partial charge in [-0.25, -0.2) is 9.18 Å². The van der Waals surface area contributed by atoms with Crippen molar-refractivity contribution in [3.05, 3.63) is 89.6 Å². The van der Waals surface area contributed by atoms with Gasteiger partial charge < -0.3 is 29.9 Å². The average molecular weight is 516 g/mol. The molecule has 4 heterocycles. The second-order valence-corrected chi connectivity index (χ2v) is 9.77. The van der Waals surface area contributed by atoms with Crippen molar-refractivity contribution in [2.45, 2.75) is 11.5 Å². The minimum atomic E-state index is -0.593. The highest BCUT2D eigenvalue weighted by Crippen LogP contribution is 2.49. The summed E-state index contributed by atoms with van der Waals surface area (Å²) >= 11 is 0. The Morgan fingerprint density at radius 1 is 1.16 bits per heavy atom. The number of nitrogens with zero attached hydrogens (tertiary/aromatic N) is 3. The number of carbonyl (C=O) groups excluding carboxylic acids is 2. The molecule has 194 valence electrons. The Bertz CT molecular complexity index is 1530. The summed E-state index contributed by atoms with van der Waals surface area (Å²) in [5.74, 6) is 0.0184. The number of hydrogen-bond acceptors (Lipinski definition) is 5. The van der Waals surface area contributed by atoms with Crippen LogP contribution in [0.25, 0.3) is 10.9 Å². The van der Waals surface area contributed by atoms with Crippen LogP contribution in [0.5, 0.6) is 5.75 Å². The Balaban J connectivity index is 1.38. The molecule has 2 aliphatic heterocycles. The molecule has 0 aliphatic carbocycles. The number of aromatic amines is 1. The van der Waals surface area contributed by atoms with Gasteiger partial charge in [0, 0.05) is 65.9 Å². The van der Waals surface area contributed by atoms with Crippen LogP contribution < -0.4 is 10.1 Å². The summed E-state index contributed by atoms with van der Waals surface area (Å²) in [6, 6.07) is 13.8. The van der Waals surface area contributed by atoms with Crippen LogP contribution in [0, 0.1) is 5.82 Å². The fourth-order valence-corrected chi connectivity index (χ4v) is 5.74. The van der Waals surface area contributed by atoms with Crippen LogP contribution in [0.15, 0.2) is 67.0 Å². The van der Waals surface area contributed by atoms with Crippen molar-refractivity contribution >= 4 is 28.5 Å². The van der Waals surface area contributed by atoms with E-state index in [-0.39, 0.29) is 18.5 Å². The number of aromatic nitrogens is 2. The van der Waals surface area contributed by atoms with Gasteiger partial charge in [0.1, 0.15) is 11.6 Å². The molecule has 0 saturated carbocycles. The van der Waals surface area contributed by atoms with Gasteiger partial charge in [-0.1, -0.05) is 6.07 Å². The number of aliphatic hydroxyl groups is 1. The topological polar surface area (TPSA) is 111 Å². The average Bonchev–Trinajstić information content (AvgIpc) is 3.30. The highest BCUT2D eigenvalue weighted by Gasteiger charge is 2.55. The third-order valence-corrected chi connectivity index (χ3v) is 7.46. The van der Waals surface area contributed by atoms with Crippen molar-refractivity contribution < 1.29 is 23.8 Å². The summed E-state index contributed by atoms with van der Waals surface area (Å²) in [7, 11) is 1.60. The van der Waals surface area contributed by atoms with E-state index < -0.39 is 17.3 Å². The number of pyridine rings is 1. The van der Waals surface area contributed by atoms with E-state index in [0.29, 0.717) is 36.6 Å². The number of benzene rings is 2. The van der Waals surface area contributed by atoms with Crippen LogP contribution in [0.2, 0.25) is 0 Å². The van der Waals surface area contributed by atoms with E-state index >= 15 is 0 Å². The van der Waals surface area contributed by atoms with Gasteiger partial charge in [0.2, 0.25) is 0 Å². The van der Waals surface area contributed by atoms with Crippen LogP contribution in [0.1, 0.15) is 27.7 Å². The predicted molar refractivity (Wildman–Crippen MR) is 139 cm³/mol. The zero-order valence-corrected chi connectivity index (χ0v) is 20.6. The van der Waals surface area contributed by atoms with Gasteiger partial charge in [-0.3, -0.25) is 9.78 Å². The highest BCUT2D eigenvalue weighted by molar-refractivity contribution is 5.96. The van der Waals surface area contributed by atoms with E-state index in [1.54, 1.807) is 47.5 Å². The zero-order valence-electron chi connectivity index (χ0n) is 20.6. The Morgan fingerprint density at radius 2 is 1.95 bits per heavy atom. The summed E-state index contributed by atoms with van der Waals surface area (Å²) in [4.78, 5) is 37.4. The van der Waals surface area contributed by atoms with E-state index in [4.69, 9.17) is 4.74 Å². The van der Waals surface area contributed by atoms with E-state index in [2.05, 4.69) is 15.3 Å². The summed E-state index contributed by atoms with van der Waals surface area (Å²) in [5, 5.41) is 14.2. The molecule has 0 unspecified atom stereocenters. The highest BCUT2D eigenvalue weighted by atomic mass is 19.1. The molecule has 4 aromatic rings. The van der Waals surface area contributed by atoms with E-state index in [0.717, 1.165) is 22.2 Å². The largest absolute Gasteiger partial charge is 0.497 e. The van der Waals surface area contributed by atoms with Crippen molar-refractivity contribution in [1.82, 2.24) is 19.8 Å². The molecule has 3 amide bonds. The van der Waals surface area contributed by atoms with E-state index in [1.807, 2.05) is 18.2 Å². The maximum atomic E-state index is 13.6. The molecular formula is C28H26FN5O4. The lowest BCUT2D eigenvalue weighted by molar-refractivity contribution is 0.0159. The molecule has 2 aromatic heterocycles. The van der Waals surface area contributed by atoms with Gasteiger partial charge in [0.25, 0.3) is 5.91 Å². The molecule has 10 heteroatoms. The third kappa shape index (κ3) is 3.84. The first kappa shape index (κ1) is 23.9. The third-order valence-electron chi connectivity index (χ3n) is 7.46. The lowest BCUT2D eigenvalue weighted by Gasteiger charge is -2.55. The van der Waals surface area contributed by atoms with Gasteiger partial charge in [0.15, 0.2) is 0 Å². The number of nitrogens with one attached hydrogen (secondary N) is 2. The molecule has 1 spiro atoms. The number of amides is 3. The minimum Gasteiger partial charge on any atom is -0.497 e. The van der Waals surface area contributed by atoms with Crippen molar-refractivity contribution in [2.75, 3.05) is 38.7 Å². The van der Waals surface area contributed by atoms with Gasteiger partial charge in [-0.15, -0.1) is 0 Å². The number of ether oxygens (including phenoxy) is 1. The van der Waals surface area contributed by atoms with Crippen LogP contribution in [-0.4, -0.2) is 70.2 Å². The van der Waals surface area contributed by atoms with E-state index in [9.17, 15) is 19.1 Å². The molecule has 1 fully saturated rings. The number of rotatable bonds is 4. The molecule has 9 nitrogen and oxygen atoms in total. The zero-order chi connectivity index (χ0) is 26.4. The molecule has 2 aliphatic rings. The quantitative estimate of drug-likeness (QED) is 0.384. The van der Waals surface area contributed by atoms with Crippen molar-refractivity contribution in [3.8, 4) is 5.75 Å². The number of halogens is 1. The van der Waals surface area contributed by atoms with Crippen LogP contribution in [0.4, 0.5) is 14.9 Å². The predicted octanol–water partition coefficient (Wildman–Crippen LogP) is 3.69. The molecule has 0 radical (unpaired) electrons. The number of hydrogen-bond donors (Lipinski definition) is 3.